The number of aryl methyl sites for hydroxylation is 1. The van der Waals surface area contributed by atoms with Crippen molar-refractivity contribution in [2.24, 2.45) is 0 Å². The predicted octanol–water partition coefficient (Wildman–Crippen LogP) is -0.620. The van der Waals surface area contributed by atoms with E-state index in [0.29, 0.717) is 5.82 Å². The molecule has 1 heterocycles. The van der Waals surface area contributed by atoms with E-state index in [-0.39, 0.29) is 5.82 Å². The van der Waals surface area contributed by atoms with Gasteiger partial charge in [0, 0.05) is 0 Å². The first-order valence-corrected chi connectivity index (χ1v) is 2.78. The second-order valence-electron chi connectivity index (χ2n) is 1.88. The molecule has 0 fully saturated rings. The summed E-state index contributed by atoms with van der Waals surface area (Å²) in [5.74, 6) is -2.55. The molecule has 11 heavy (non-hydrogen) atoms. The maximum Gasteiger partial charge on any atom is 0.380 e. The summed E-state index contributed by atoms with van der Waals surface area (Å²) in [6.07, 6.45) is 0. The Balaban J connectivity index is 2.94. The van der Waals surface area contributed by atoms with Crippen LogP contribution in [0.1, 0.15) is 16.4 Å². The number of nitrogens with one attached hydrogen (secondary N) is 1. The first-order valence-electron chi connectivity index (χ1n) is 2.78. The molecule has 0 radical (unpaired) electrons. The van der Waals surface area contributed by atoms with Gasteiger partial charge in [0.05, 0.1) is 0 Å². The first-order chi connectivity index (χ1) is 5.11. The second-order valence-corrected chi connectivity index (χ2v) is 1.88. The summed E-state index contributed by atoms with van der Waals surface area (Å²) in [5.41, 5.74) is 0. The zero-order chi connectivity index (χ0) is 8.43. The molecule has 0 amide bonds. The molecule has 0 spiro atoms. The third-order valence-corrected chi connectivity index (χ3v) is 0.995. The van der Waals surface area contributed by atoms with E-state index < -0.39 is 11.8 Å². The molecule has 0 saturated carbocycles. The lowest BCUT2D eigenvalue weighted by atomic mass is 10.4. The molecule has 0 atom stereocenters. The molecule has 0 saturated heterocycles. The Morgan fingerprint density at radius 1 is 1.55 bits per heavy atom. The minimum Gasteiger partial charge on any atom is -0.475 e. The lowest BCUT2D eigenvalue weighted by Crippen LogP contribution is -2.14. The van der Waals surface area contributed by atoms with Crippen molar-refractivity contribution >= 4 is 11.8 Å². The number of nitrogens with zero attached hydrogens (tertiary/aromatic N) is 2. The van der Waals surface area contributed by atoms with Gasteiger partial charge in [0.25, 0.3) is 0 Å². The highest BCUT2D eigenvalue weighted by Crippen LogP contribution is 1.91. The number of aromatic amines is 1. The van der Waals surface area contributed by atoms with E-state index in [1.165, 1.54) is 0 Å². The smallest absolute Gasteiger partial charge is 0.380 e. The summed E-state index contributed by atoms with van der Waals surface area (Å²) < 4.78 is 0. The van der Waals surface area contributed by atoms with Gasteiger partial charge in [-0.05, 0) is 6.92 Å². The minimum atomic E-state index is -1.55. The van der Waals surface area contributed by atoms with Crippen LogP contribution < -0.4 is 0 Å². The number of hydrogen-bond acceptors (Lipinski definition) is 4. The Morgan fingerprint density at radius 2 is 2.18 bits per heavy atom. The van der Waals surface area contributed by atoms with Crippen LogP contribution in [0.15, 0.2) is 0 Å². The minimum absolute atomic E-state index is 0.310. The fourth-order valence-electron chi connectivity index (χ4n) is 0.540. The fraction of sp³-hybridized carbons (Fsp3) is 0.200. The highest BCUT2D eigenvalue weighted by atomic mass is 16.4. The lowest BCUT2D eigenvalue weighted by Gasteiger charge is -1.82. The number of H-pyrrole nitrogens is 1. The summed E-state index contributed by atoms with van der Waals surface area (Å²) in [4.78, 5) is 24.2. The molecular formula is C5H5N3O3. The van der Waals surface area contributed by atoms with E-state index in [1.54, 1.807) is 6.92 Å². The first kappa shape index (κ1) is 7.39. The van der Waals surface area contributed by atoms with Gasteiger partial charge in [-0.2, -0.15) is 0 Å². The molecule has 0 bridgehead atoms. The van der Waals surface area contributed by atoms with Crippen molar-refractivity contribution < 1.29 is 14.7 Å². The third kappa shape index (κ3) is 1.40. The second kappa shape index (κ2) is 2.49. The third-order valence-electron chi connectivity index (χ3n) is 0.995. The van der Waals surface area contributed by atoms with Crippen molar-refractivity contribution in [2.45, 2.75) is 6.92 Å². The van der Waals surface area contributed by atoms with Crippen LogP contribution in [0, 0.1) is 6.92 Å². The van der Waals surface area contributed by atoms with Crippen molar-refractivity contribution in [3.63, 3.8) is 0 Å². The topological polar surface area (TPSA) is 95.9 Å². The summed E-state index contributed by atoms with van der Waals surface area (Å²) in [6.45, 7) is 1.58. The van der Waals surface area contributed by atoms with Gasteiger partial charge in [0.15, 0.2) is 0 Å². The molecule has 0 aliphatic heterocycles. The normalized spacial score (nSPS) is 9.55. The summed E-state index contributed by atoms with van der Waals surface area (Å²) in [5, 5.41) is 13.9. The van der Waals surface area contributed by atoms with Crippen LogP contribution in [0.2, 0.25) is 0 Å². The maximum absolute atomic E-state index is 10.6. The molecular weight excluding hydrogens is 150 g/mol. The average Bonchev–Trinajstić information content (AvgIpc) is 2.34. The molecule has 6 heteroatoms. The molecule has 2 N–H and O–H groups in total. The van der Waals surface area contributed by atoms with E-state index >= 15 is 0 Å². The van der Waals surface area contributed by atoms with E-state index in [2.05, 4.69) is 15.2 Å². The Labute approximate surface area is 61.3 Å². The van der Waals surface area contributed by atoms with Crippen molar-refractivity contribution in [3.8, 4) is 0 Å². The van der Waals surface area contributed by atoms with Crippen LogP contribution in [0.3, 0.4) is 0 Å². The standard InChI is InChI=1S/C5H5N3O3/c1-2-6-4(8-7-2)3(9)5(10)11/h1H3,(H,10,11)(H,6,7,8). The number of rotatable bonds is 2. The van der Waals surface area contributed by atoms with Gasteiger partial charge in [-0.1, -0.05) is 0 Å². The predicted molar refractivity (Wildman–Crippen MR) is 33.1 cm³/mol. The number of aliphatic carboxylic acids is 1. The number of carbonyl (C=O) groups is 2. The Morgan fingerprint density at radius 3 is 2.55 bits per heavy atom. The number of carbonyl (C=O) groups excluding carboxylic acids is 1. The van der Waals surface area contributed by atoms with Crippen LogP contribution >= 0.6 is 0 Å². The van der Waals surface area contributed by atoms with E-state index in [1.807, 2.05) is 0 Å². The number of carboxylic acid groups (broad SMARTS) is 1. The Hall–Kier alpha value is -1.72. The van der Waals surface area contributed by atoms with Gasteiger partial charge in [-0.25, -0.2) is 9.78 Å². The SMILES string of the molecule is Cc1nc(C(=O)C(=O)O)n[nH]1. The van der Waals surface area contributed by atoms with Gasteiger partial charge < -0.3 is 5.11 Å². The number of aromatic nitrogens is 3. The summed E-state index contributed by atoms with van der Waals surface area (Å²) >= 11 is 0. The summed E-state index contributed by atoms with van der Waals surface area (Å²) in [7, 11) is 0. The number of Topliss-reactive ketones (excluding diaryl/α,β-unsaturated/α-hetero) is 1. The Bertz CT molecular complexity index is 304. The molecule has 0 aliphatic carbocycles. The molecule has 0 unspecified atom stereocenters. The molecule has 1 aromatic heterocycles. The van der Waals surface area contributed by atoms with Crippen LogP contribution in [-0.2, 0) is 4.79 Å². The Kier molecular flexibility index (Phi) is 1.67. The van der Waals surface area contributed by atoms with Crippen molar-refractivity contribution in [1.82, 2.24) is 15.2 Å². The van der Waals surface area contributed by atoms with Crippen LogP contribution in [0.4, 0.5) is 0 Å². The molecule has 6 nitrogen and oxygen atoms in total. The van der Waals surface area contributed by atoms with Crippen molar-refractivity contribution in [3.05, 3.63) is 11.6 Å². The largest absolute Gasteiger partial charge is 0.475 e. The highest BCUT2D eigenvalue weighted by Gasteiger charge is 2.18. The van der Waals surface area contributed by atoms with Crippen LogP contribution in [0.25, 0.3) is 0 Å². The van der Waals surface area contributed by atoms with Gasteiger partial charge in [-0.15, -0.1) is 5.10 Å². The molecule has 1 rings (SSSR count). The monoisotopic (exact) mass is 155 g/mol. The zero-order valence-electron chi connectivity index (χ0n) is 5.66. The fourth-order valence-corrected chi connectivity index (χ4v) is 0.540. The number of ketones is 1. The number of carboxylic acids is 1. The molecule has 0 aromatic carbocycles. The van der Waals surface area contributed by atoms with Crippen LogP contribution in [-0.4, -0.2) is 32.0 Å². The lowest BCUT2D eigenvalue weighted by molar-refractivity contribution is -0.131. The maximum atomic E-state index is 10.6. The average molecular weight is 155 g/mol. The summed E-state index contributed by atoms with van der Waals surface area (Å²) in [6, 6.07) is 0. The van der Waals surface area contributed by atoms with Gasteiger partial charge in [-0.3, -0.25) is 9.89 Å². The molecule has 0 aliphatic rings. The van der Waals surface area contributed by atoms with E-state index in [4.69, 9.17) is 5.11 Å². The van der Waals surface area contributed by atoms with Gasteiger partial charge >= 0.3 is 11.8 Å². The molecule has 58 valence electrons. The van der Waals surface area contributed by atoms with Crippen molar-refractivity contribution in [1.29, 1.82) is 0 Å². The van der Waals surface area contributed by atoms with Gasteiger partial charge in [0.2, 0.25) is 5.82 Å². The molecule has 1 aromatic rings. The van der Waals surface area contributed by atoms with Crippen molar-refractivity contribution in [2.75, 3.05) is 0 Å². The zero-order valence-corrected chi connectivity index (χ0v) is 5.66. The van der Waals surface area contributed by atoms with Crippen LogP contribution in [0.5, 0.6) is 0 Å². The number of hydrogen-bond donors (Lipinski definition) is 2. The quantitative estimate of drug-likeness (QED) is 0.438. The van der Waals surface area contributed by atoms with E-state index in [0.717, 1.165) is 0 Å². The van der Waals surface area contributed by atoms with Gasteiger partial charge in [0.1, 0.15) is 5.82 Å². The van der Waals surface area contributed by atoms with E-state index in [9.17, 15) is 9.59 Å². The highest BCUT2D eigenvalue weighted by molar-refractivity contribution is 6.38.